The molecule has 2 aromatic heterocycles. The summed E-state index contributed by atoms with van der Waals surface area (Å²) in [5.41, 5.74) is 7.39. The van der Waals surface area contributed by atoms with Crippen molar-refractivity contribution >= 4 is 33.0 Å². The summed E-state index contributed by atoms with van der Waals surface area (Å²) in [7, 11) is -4.38. The van der Waals surface area contributed by atoms with E-state index >= 15 is 0 Å². The predicted molar refractivity (Wildman–Crippen MR) is 154 cm³/mol. The van der Waals surface area contributed by atoms with E-state index < -0.39 is 26.6 Å². The van der Waals surface area contributed by atoms with Crippen molar-refractivity contribution in [3.63, 3.8) is 0 Å². The van der Waals surface area contributed by atoms with Gasteiger partial charge in [0.15, 0.2) is 0 Å². The van der Waals surface area contributed by atoms with Gasteiger partial charge in [-0.15, -0.1) is 11.3 Å². The fraction of sp³-hybridized carbons (Fsp3) is 0.321. The first kappa shape index (κ1) is 28.1. The molecule has 210 valence electrons. The maximum atomic E-state index is 14.8. The summed E-state index contributed by atoms with van der Waals surface area (Å²) < 4.78 is 56.9. The summed E-state index contributed by atoms with van der Waals surface area (Å²) in [6.45, 7) is 4.04. The number of nitrogens with two attached hydrogens (primary N) is 1. The number of hydrogen-bond donors (Lipinski definition) is 3. The van der Waals surface area contributed by atoms with Crippen LogP contribution in [0.4, 0.5) is 20.4 Å². The van der Waals surface area contributed by atoms with Crippen LogP contribution in [0.1, 0.15) is 50.5 Å². The third kappa shape index (κ3) is 6.13. The number of aromatic nitrogens is 3. The van der Waals surface area contributed by atoms with Gasteiger partial charge in [-0.1, -0.05) is 26.0 Å². The Morgan fingerprint density at radius 3 is 2.48 bits per heavy atom. The molecule has 2 aromatic carbocycles. The van der Waals surface area contributed by atoms with Gasteiger partial charge in [0.25, 0.3) is 10.0 Å². The zero-order valence-corrected chi connectivity index (χ0v) is 23.7. The van der Waals surface area contributed by atoms with E-state index in [1.807, 2.05) is 13.8 Å². The molecule has 4 aromatic rings. The second-order valence-electron chi connectivity index (χ2n) is 10.1. The van der Waals surface area contributed by atoms with Crippen molar-refractivity contribution in [3.05, 3.63) is 71.4 Å². The minimum atomic E-state index is -4.38. The number of rotatable bonds is 8. The van der Waals surface area contributed by atoms with E-state index in [0.717, 1.165) is 53.8 Å². The molecule has 1 saturated carbocycles. The molecule has 1 aliphatic rings. The molecule has 8 nitrogen and oxygen atoms in total. The largest absolute Gasteiger partial charge is 0.351 e. The van der Waals surface area contributed by atoms with Crippen molar-refractivity contribution in [3.8, 4) is 21.8 Å². The van der Waals surface area contributed by atoms with E-state index in [0.29, 0.717) is 22.9 Å². The predicted octanol–water partition coefficient (Wildman–Crippen LogP) is 6.15. The lowest BCUT2D eigenvalue weighted by molar-refractivity contribution is 0.410. The van der Waals surface area contributed by atoms with E-state index in [-0.39, 0.29) is 23.7 Å². The smallest absolute Gasteiger partial charge is 0.264 e. The highest BCUT2D eigenvalue weighted by atomic mass is 32.2. The molecule has 0 unspecified atom stereocenters. The van der Waals surface area contributed by atoms with Crippen LogP contribution in [-0.2, 0) is 10.0 Å². The highest BCUT2D eigenvalue weighted by Gasteiger charge is 2.24. The minimum Gasteiger partial charge on any atom is -0.351 e. The first-order valence-corrected chi connectivity index (χ1v) is 15.3. The highest BCUT2D eigenvalue weighted by Crippen LogP contribution is 2.40. The third-order valence-electron chi connectivity index (χ3n) is 6.74. The maximum absolute atomic E-state index is 14.8. The van der Waals surface area contributed by atoms with Crippen molar-refractivity contribution in [2.45, 2.75) is 62.4 Å². The molecular formula is C28H30F2N6O2S2. The Balaban J connectivity index is 1.50. The number of benzene rings is 2. The second-order valence-corrected chi connectivity index (χ2v) is 12.8. The fourth-order valence-electron chi connectivity index (χ4n) is 4.57. The number of anilines is 2. The zero-order chi connectivity index (χ0) is 28.4. The van der Waals surface area contributed by atoms with E-state index in [2.05, 4.69) is 15.0 Å². The quantitative estimate of drug-likeness (QED) is 0.227. The second kappa shape index (κ2) is 11.6. The summed E-state index contributed by atoms with van der Waals surface area (Å²) >= 11 is 1.46. The average Bonchev–Trinajstić information content (AvgIpc) is 3.38. The summed E-state index contributed by atoms with van der Waals surface area (Å²) in [4.78, 5) is 14.1. The van der Waals surface area contributed by atoms with Gasteiger partial charge in [-0.05, 0) is 62.1 Å². The van der Waals surface area contributed by atoms with Crippen molar-refractivity contribution in [1.82, 2.24) is 15.0 Å². The molecule has 4 N–H and O–H groups in total. The number of halogens is 2. The normalized spacial score (nSPS) is 17.6. The molecule has 0 amide bonds. The number of thiazole rings is 1. The molecule has 1 fully saturated rings. The minimum absolute atomic E-state index is 0.114. The van der Waals surface area contributed by atoms with Crippen molar-refractivity contribution < 1.29 is 17.2 Å². The summed E-state index contributed by atoms with van der Waals surface area (Å²) in [6.07, 6.45) is 5.46. The maximum Gasteiger partial charge on any atom is 0.264 e. The van der Waals surface area contributed by atoms with Crippen LogP contribution in [0.25, 0.3) is 21.8 Å². The molecule has 0 atom stereocenters. The Hall–Kier alpha value is -3.48. The molecular weight excluding hydrogens is 554 g/mol. The molecule has 1 aliphatic carbocycles. The van der Waals surface area contributed by atoms with Gasteiger partial charge in [-0.25, -0.2) is 32.2 Å². The lowest BCUT2D eigenvalue weighted by Gasteiger charge is -2.26. The Labute approximate surface area is 236 Å². The molecule has 5 rings (SSSR count). The average molecular weight is 585 g/mol. The Morgan fingerprint density at radius 2 is 1.75 bits per heavy atom. The summed E-state index contributed by atoms with van der Waals surface area (Å²) in [6, 6.07) is 11.2. The van der Waals surface area contributed by atoms with Gasteiger partial charge in [0.2, 0.25) is 5.95 Å². The lowest BCUT2D eigenvalue weighted by Crippen LogP contribution is -2.33. The number of sulfonamides is 1. The van der Waals surface area contributed by atoms with Crippen LogP contribution in [0, 0.1) is 11.6 Å². The van der Waals surface area contributed by atoms with Crippen LogP contribution in [0.5, 0.6) is 0 Å². The molecule has 0 bridgehead atoms. The van der Waals surface area contributed by atoms with E-state index in [9.17, 15) is 17.2 Å². The molecule has 0 saturated heterocycles. The summed E-state index contributed by atoms with van der Waals surface area (Å²) in [5, 5.41) is 4.26. The first-order chi connectivity index (χ1) is 19.1. The molecule has 40 heavy (non-hydrogen) atoms. The molecule has 0 radical (unpaired) electrons. The Bertz CT molecular complexity index is 1620. The van der Waals surface area contributed by atoms with Gasteiger partial charge in [-0.3, -0.25) is 4.72 Å². The van der Waals surface area contributed by atoms with E-state index in [4.69, 9.17) is 15.7 Å². The van der Waals surface area contributed by atoms with E-state index in [1.165, 1.54) is 35.6 Å². The Morgan fingerprint density at radius 1 is 1.00 bits per heavy atom. The van der Waals surface area contributed by atoms with Gasteiger partial charge < -0.3 is 11.1 Å². The van der Waals surface area contributed by atoms with Crippen LogP contribution < -0.4 is 15.8 Å². The van der Waals surface area contributed by atoms with Crippen LogP contribution in [0.2, 0.25) is 0 Å². The van der Waals surface area contributed by atoms with Crippen molar-refractivity contribution in [2.24, 2.45) is 5.73 Å². The van der Waals surface area contributed by atoms with Crippen LogP contribution in [0.15, 0.2) is 59.6 Å². The molecule has 0 aliphatic heterocycles. The number of nitrogens with one attached hydrogen (secondary N) is 2. The van der Waals surface area contributed by atoms with Crippen molar-refractivity contribution in [2.75, 3.05) is 10.0 Å². The Kier molecular flexibility index (Phi) is 8.11. The van der Waals surface area contributed by atoms with E-state index in [1.54, 1.807) is 12.3 Å². The number of hydrogen-bond acceptors (Lipinski definition) is 8. The highest BCUT2D eigenvalue weighted by molar-refractivity contribution is 7.92. The van der Waals surface area contributed by atoms with Gasteiger partial charge >= 0.3 is 0 Å². The lowest BCUT2D eigenvalue weighted by atomic mass is 9.92. The summed E-state index contributed by atoms with van der Waals surface area (Å²) in [5.74, 6) is -1.12. The standard InChI is InChI=1S/C28H30F2N6O2S2/c1-16(2)27-35-25(26(39-27)22-13-14-32-28(34-22)33-19-10-8-18(31)9-11-19)17-7-12-20(29)23(15-17)36-40(37,38)24-6-4-3-5-21(24)30/h3-7,12-16,18-19,36H,8-11,31H2,1-2H3,(H,32,33,34). The number of nitrogens with zero attached hydrogens (tertiary/aromatic N) is 3. The SMILES string of the molecule is CC(C)c1nc(-c2ccc(F)c(NS(=O)(=O)c3ccccc3F)c2)c(-c2ccnc(NC3CCC(N)CC3)n2)s1. The third-order valence-corrected chi connectivity index (χ3v) is 9.52. The monoisotopic (exact) mass is 584 g/mol. The topological polar surface area (TPSA) is 123 Å². The zero-order valence-electron chi connectivity index (χ0n) is 22.1. The first-order valence-electron chi connectivity index (χ1n) is 13.0. The van der Waals surface area contributed by atoms with Crippen LogP contribution in [-0.4, -0.2) is 35.5 Å². The van der Waals surface area contributed by atoms with Crippen LogP contribution in [0.3, 0.4) is 0 Å². The van der Waals surface area contributed by atoms with Gasteiger partial charge in [0.05, 0.1) is 27.0 Å². The molecule has 2 heterocycles. The van der Waals surface area contributed by atoms with Gasteiger partial charge in [-0.2, -0.15) is 0 Å². The van der Waals surface area contributed by atoms with Gasteiger partial charge in [0.1, 0.15) is 16.5 Å². The van der Waals surface area contributed by atoms with Crippen LogP contribution >= 0.6 is 11.3 Å². The molecule has 12 heteroatoms. The van der Waals surface area contributed by atoms with Crippen molar-refractivity contribution in [1.29, 1.82) is 0 Å². The van der Waals surface area contributed by atoms with Gasteiger partial charge in [0, 0.05) is 29.8 Å². The molecule has 0 spiro atoms. The fourth-order valence-corrected chi connectivity index (χ4v) is 6.77.